The smallest absolute Gasteiger partial charge is 0.175 e. The summed E-state index contributed by atoms with van der Waals surface area (Å²) in [7, 11) is -3.20. The van der Waals surface area contributed by atoms with E-state index in [4.69, 9.17) is 5.73 Å². The second-order valence-corrected chi connectivity index (χ2v) is 6.77. The third kappa shape index (κ3) is 1.87. The molecule has 1 aromatic carbocycles. The van der Waals surface area contributed by atoms with E-state index in [2.05, 4.69) is 0 Å². The first-order valence-corrected chi connectivity index (χ1v) is 7.32. The number of nitrogens with two attached hydrogens (primary N) is 1. The average Bonchev–Trinajstić information content (AvgIpc) is 2.13. The van der Waals surface area contributed by atoms with Gasteiger partial charge in [0.2, 0.25) is 0 Å². The van der Waals surface area contributed by atoms with Crippen molar-refractivity contribution in [3.8, 4) is 0 Å². The number of rotatable bonds is 2. The Labute approximate surface area is 96.6 Å². The quantitative estimate of drug-likeness (QED) is 0.855. The molecule has 4 heteroatoms. The van der Waals surface area contributed by atoms with Gasteiger partial charge in [-0.1, -0.05) is 12.1 Å². The summed E-state index contributed by atoms with van der Waals surface area (Å²) in [4.78, 5) is 0.398. The fourth-order valence-electron chi connectivity index (χ4n) is 2.17. The van der Waals surface area contributed by atoms with Crippen molar-refractivity contribution in [1.29, 1.82) is 0 Å². The Hall–Kier alpha value is -0.870. The maximum absolute atomic E-state index is 11.7. The Morgan fingerprint density at radius 3 is 2.38 bits per heavy atom. The molecule has 1 aliphatic carbocycles. The highest BCUT2D eigenvalue weighted by atomic mass is 32.2. The van der Waals surface area contributed by atoms with E-state index in [0.29, 0.717) is 4.90 Å². The molecule has 0 aromatic heterocycles. The van der Waals surface area contributed by atoms with E-state index in [1.807, 2.05) is 19.1 Å². The van der Waals surface area contributed by atoms with E-state index in [1.165, 1.54) is 6.26 Å². The second kappa shape index (κ2) is 3.57. The normalized spacial score (nSPS) is 19.2. The third-order valence-electron chi connectivity index (χ3n) is 3.32. The van der Waals surface area contributed by atoms with Crippen LogP contribution in [0.1, 0.15) is 30.4 Å². The van der Waals surface area contributed by atoms with Gasteiger partial charge in [-0.2, -0.15) is 0 Å². The fraction of sp³-hybridized carbons (Fsp3) is 0.500. The van der Waals surface area contributed by atoms with Crippen LogP contribution in [0, 0.1) is 6.92 Å². The topological polar surface area (TPSA) is 60.2 Å². The molecule has 0 saturated heterocycles. The van der Waals surface area contributed by atoms with E-state index < -0.39 is 15.4 Å². The van der Waals surface area contributed by atoms with Crippen molar-refractivity contribution in [3.05, 3.63) is 29.3 Å². The van der Waals surface area contributed by atoms with E-state index in [-0.39, 0.29) is 0 Å². The molecule has 0 bridgehead atoms. The maximum Gasteiger partial charge on any atom is 0.175 e. The summed E-state index contributed by atoms with van der Waals surface area (Å²) in [5.41, 5.74) is 7.52. The molecule has 16 heavy (non-hydrogen) atoms. The van der Waals surface area contributed by atoms with Crippen molar-refractivity contribution >= 4 is 9.84 Å². The van der Waals surface area contributed by atoms with Crippen LogP contribution in [0.4, 0.5) is 0 Å². The summed E-state index contributed by atoms with van der Waals surface area (Å²) in [6.07, 6.45) is 4.07. The number of benzene rings is 1. The van der Waals surface area contributed by atoms with Gasteiger partial charge in [0.05, 0.1) is 4.90 Å². The van der Waals surface area contributed by atoms with Crippen LogP contribution in [0.2, 0.25) is 0 Å². The number of sulfone groups is 1. The number of aryl methyl sites for hydroxylation is 1. The van der Waals surface area contributed by atoms with Gasteiger partial charge in [-0.25, -0.2) is 8.42 Å². The summed E-state index contributed by atoms with van der Waals surface area (Å²) in [6.45, 7) is 1.89. The van der Waals surface area contributed by atoms with Crippen molar-refractivity contribution < 1.29 is 8.42 Å². The lowest BCUT2D eigenvalue weighted by atomic mass is 9.72. The zero-order valence-corrected chi connectivity index (χ0v) is 10.5. The highest BCUT2D eigenvalue weighted by molar-refractivity contribution is 7.90. The molecule has 3 nitrogen and oxygen atoms in total. The van der Waals surface area contributed by atoms with Gasteiger partial charge >= 0.3 is 0 Å². The molecule has 88 valence electrons. The van der Waals surface area contributed by atoms with Gasteiger partial charge in [-0.15, -0.1) is 0 Å². The lowest BCUT2D eigenvalue weighted by Crippen LogP contribution is -2.44. The van der Waals surface area contributed by atoms with Crippen LogP contribution in [0.3, 0.4) is 0 Å². The molecular weight excluding hydrogens is 222 g/mol. The average molecular weight is 239 g/mol. The van der Waals surface area contributed by atoms with Crippen molar-refractivity contribution in [2.24, 2.45) is 5.73 Å². The molecule has 0 spiro atoms. The predicted molar refractivity (Wildman–Crippen MR) is 64.0 cm³/mol. The molecule has 0 heterocycles. The molecule has 0 unspecified atom stereocenters. The lowest BCUT2D eigenvalue weighted by molar-refractivity contribution is 0.249. The first-order chi connectivity index (χ1) is 7.33. The number of hydrogen-bond acceptors (Lipinski definition) is 3. The van der Waals surface area contributed by atoms with Crippen LogP contribution in [0.25, 0.3) is 0 Å². The molecule has 2 N–H and O–H groups in total. The zero-order chi connectivity index (χ0) is 12.0. The molecule has 0 radical (unpaired) electrons. The van der Waals surface area contributed by atoms with Gasteiger partial charge in [-0.3, -0.25) is 0 Å². The molecule has 1 aromatic rings. The van der Waals surface area contributed by atoms with Crippen LogP contribution < -0.4 is 5.73 Å². The minimum Gasteiger partial charge on any atom is -0.321 e. The minimum atomic E-state index is -3.20. The number of hydrogen-bond donors (Lipinski definition) is 1. The first-order valence-electron chi connectivity index (χ1n) is 5.43. The Morgan fingerprint density at radius 1 is 1.31 bits per heavy atom. The molecule has 0 atom stereocenters. The van der Waals surface area contributed by atoms with Gasteiger partial charge in [0.15, 0.2) is 9.84 Å². The summed E-state index contributed by atoms with van der Waals surface area (Å²) in [5.74, 6) is 0. The van der Waals surface area contributed by atoms with Gasteiger partial charge in [0.25, 0.3) is 0 Å². The summed E-state index contributed by atoms with van der Waals surface area (Å²) in [5, 5.41) is 0. The van der Waals surface area contributed by atoms with Gasteiger partial charge in [0.1, 0.15) is 0 Å². The van der Waals surface area contributed by atoms with Crippen LogP contribution >= 0.6 is 0 Å². The van der Waals surface area contributed by atoms with Crippen LogP contribution in [-0.2, 0) is 15.4 Å². The lowest BCUT2D eigenvalue weighted by Gasteiger charge is -2.39. The van der Waals surface area contributed by atoms with Crippen molar-refractivity contribution in [2.45, 2.75) is 36.6 Å². The standard InChI is InChI=1S/C12H17NO2S/c1-9-4-5-10(12(13)6-3-7-12)11(8-9)16(2,14)15/h4-5,8H,3,6-7,13H2,1-2H3. The molecular formula is C12H17NO2S. The van der Waals surface area contributed by atoms with Crippen LogP contribution in [0.5, 0.6) is 0 Å². The van der Waals surface area contributed by atoms with E-state index in [0.717, 1.165) is 30.4 Å². The summed E-state index contributed by atoms with van der Waals surface area (Å²) in [6, 6.07) is 5.51. The molecule has 0 aliphatic heterocycles. The van der Waals surface area contributed by atoms with Crippen LogP contribution in [-0.4, -0.2) is 14.7 Å². The largest absolute Gasteiger partial charge is 0.321 e. The van der Waals surface area contributed by atoms with Crippen LogP contribution in [0.15, 0.2) is 23.1 Å². The van der Waals surface area contributed by atoms with E-state index >= 15 is 0 Å². The van der Waals surface area contributed by atoms with Crippen molar-refractivity contribution in [3.63, 3.8) is 0 Å². The Morgan fingerprint density at radius 2 is 1.94 bits per heavy atom. The van der Waals surface area contributed by atoms with Gasteiger partial charge in [-0.05, 0) is 43.4 Å². The molecule has 0 amide bonds. The van der Waals surface area contributed by atoms with Gasteiger partial charge in [0, 0.05) is 11.8 Å². The van der Waals surface area contributed by atoms with Crippen molar-refractivity contribution in [2.75, 3.05) is 6.26 Å². The SMILES string of the molecule is Cc1ccc(C2(N)CCC2)c(S(C)(=O)=O)c1. The van der Waals surface area contributed by atoms with Crippen molar-refractivity contribution in [1.82, 2.24) is 0 Å². The Balaban J connectivity index is 2.62. The highest BCUT2D eigenvalue weighted by Crippen LogP contribution is 2.41. The second-order valence-electron chi connectivity index (χ2n) is 4.78. The maximum atomic E-state index is 11.7. The van der Waals surface area contributed by atoms with E-state index in [9.17, 15) is 8.42 Å². The molecule has 1 fully saturated rings. The monoisotopic (exact) mass is 239 g/mol. The molecule has 1 aliphatic rings. The Bertz CT molecular complexity index is 516. The minimum absolute atomic E-state index is 0.398. The Kier molecular flexibility index (Phi) is 2.59. The zero-order valence-electron chi connectivity index (χ0n) is 9.66. The fourth-order valence-corrected chi connectivity index (χ4v) is 3.25. The molecule has 2 rings (SSSR count). The van der Waals surface area contributed by atoms with E-state index in [1.54, 1.807) is 6.07 Å². The summed E-state index contributed by atoms with van der Waals surface area (Å²) >= 11 is 0. The summed E-state index contributed by atoms with van der Waals surface area (Å²) < 4.78 is 23.5. The third-order valence-corrected chi connectivity index (χ3v) is 4.46. The molecule has 1 saturated carbocycles. The highest BCUT2D eigenvalue weighted by Gasteiger charge is 2.37. The van der Waals surface area contributed by atoms with Gasteiger partial charge < -0.3 is 5.73 Å². The predicted octanol–water partition coefficient (Wildman–Crippen LogP) is 1.74. The first kappa shape index (κ1) is 11.6.